The molecule has 96 valence electrons. The van der Waals surface area contributed by atoms with Gasteiger partial charge in [0.1, 0.15) is 5.82 Å². The number of carbonyl (C=O) groups is 1. The molecule has 2 rings (SSSR count). The number of nitrogens with one attached hydrogen (secondary N) is 2. The van der Waals surface area contributed by atoms with Crippen molar-refractivity contribution in [2.75, 3.05) is 5.32 Å². The van der Waals surface area contributed by atoms with Gasteiger partial charge in [0.05, 0.1) is 0 Å². The Morgan fingerprint density at radius 3 is 2.37 bits per heavy atom. The van der Waals surface area contributed by atoms with E-state index in [2.05, 4.69) is 10.6 Å². The highest BCUT2D eigenvalue weighted by atomic mass is 19.1. The van der Waals surface area contributed by atoms with Crippen LogP contribution in [0.3, 0.4) is 0 Å². The van der Waals surface area contributed by atoms with E-state index in [0.717, 1.165) is 5.56 Å². The van der Waals surface area contributed by atoms with E-state index < -0.39 is 0 Å². The Balaban J connectivity index is 1.85. The smallest absolute Gasteiger partial charge is 0.314 e. The summed E-state index contributed by atoms with van der Waals surface area (Å²) in [6, 6.07) is 14.8. The van der Waals surface area contributed by atoms with Gasteiger partial charge in [-0.05, 0) is 35.9 Å². The number of halogens is 1. The predicted octanol–water partition coefficient (Wildman–Crippen LogP) is 3.62. The molecule has 0 aromatic heterocycles. The first-order valence-electron chi connectivity index (χ1n) is 5.79. The van der Waals surface area contributed by atoms with Gasteiger partial charge in [-0.1, -0.05) is 30.3 Å². The van der Waals surface area contributed by atoms with Gasteiger partial charge in [0.15, 0.2) is 0 Å². The van der Waals surface area contributed by atoms with E-state index in [-0.39, 0.29) is 11.8 Å². The second kappa shape index (κ2) is 6.35. The number of hydrogen-bond donors (Lipinski definition) is 2. The van der Waals surface area contributed by atoms with Crippen molar-refractivity contribution < 1.29 is 9.18 Å². The van der Waals surface area contributed by atoms with Gasteiger partial charge in [-0.2, -0.15) is 0 Å². The van der Waals surface area contributed by atoms with E-state index >= 15 is 0 Å². The molecule has 0 aliphatic carbocycles. The number of carbonyl (C=O) groups excluding carboxylic acids is 1. The minimum absolute atomic E-state index is 0.338. The van der Waals surface area contributed by atoms with Crippen LogP contribution in [0.25, 0.3) is 6.08 Å². The molecule has 2 aromatic carbocycles. The van der Waals surface area contributed by atoms with Crippen LogP contribution in [-0.2, 0) is 0 Å². The summed E-state index contributed by atoms with van der Waals surface area (Å²) in [6.45, 7) is 0. The Bertz CT molecular complexity index is 564. The molecule has 0 spiro atoms. The molecule has 0 unspecified atom stereocenters. The predicted molar refractivity (Wildman–Crippen MR) is 74.0 cm³/mol. The molecule has 0 aliphatic heterocycles. The molecule has 0 heterocycles. The van der Waals surface area contributed by atoms with Gasteiger partial charge in [0.25, 0.3) is 0 Å². The van der Waals surface area contributed by atoms with Crippen LogP contribution in [0.5, 0.6) is 0 Å². The highest BCUT2D eigenvalue weighted by Crippen LogP contribution is 2.07. The summed E-state index contributed by atoms with van der Waals surface area (Å²) in [5, 5.41) is 5.16. The molecule has 19 heavy (non-hydrogen) atoms. The van der Waals surface area contributed by atoms with E-state index in [4.69, 9.17) is 0 Å². The molecule has 2 N–H and O–H groups in total. The minimum Gasteiger partial charge on any atom is -0.314 e. The standard InChI is InChI=1S/C15H13FN2O/c16-13-6-8-14(9-7-13)18-15(19)17-11-10-12-4-2-1-3-5-12/h1-11H,(H2,17,18,19)/b11-10+. The summed E-state index contributed by atoms with van der Waals surface area (Å²) < 4.78 is 12.7. The lowest BCUT2D eigenvalue weighted by Crippen LogP contribution is -2.23. The molecule has 2 aromatic rings. The lowest BCUT2D eigenvalue weighted by molar-refractivity contribution is 0.255. The third-order valence-corrected chi connectivity index (χ3v) is 2.39. The lowest BCUT2D eigenvalue weighted by atomic mass is 10.2. The number of anilines is 1. The second-order valence-electron chi connectivity index (χ2n) is 3.85. The monoisotopic (exact) mass is 256 g/mol. The minimum atomic E-state index is -0.376. The molecule has 3 nitrogen and oxygen atoms in total. The third-order valence-electron chi connectivity index (χ3n) is 2.39. The molecule has 0 saturated carbocycles. The van der Waals surface area contributed by atoms with Crippen LogP contribution < -0.4 is 10.6 Å². The summed E-state index contributed by atoms with van der Waals surface area (Å²) in [7, 11) is 0. The van der Waals surface area contributed by atoms with Gasteiger partial charge in [-0.3, -0.25) is 0 Å². The zero-order chi connectivity index (χ0) is 13.5. The molecule has 0 bridgehead atoms. The molecule has 0 saturated heterocycles. The fourth-order valence-electron chi connectivity index (χ4n) is 1.48. The molecule has 0 radical (unpaired) electrons. The van der Waals surface area contributed by atoms with E-state index in [1.54, 1.807) is 12.3 Å². The molecular weight excluding hydrogens is 243 g/mol. The van der Waals surface area contributed by atoms with Crippen LogP contribution in [0, 0.1) is 5.82 Å². The van der Waals surface area contributed by atoms with Crippen molar-refractivity contribution in [1.82, 2.24) is 5.32 Å². The highest BCUT2D eigenvalue weighted by molar-refractivity contribution is 5.90. The fourth-order valence-corrected chi connectivity index (χ4v) is 1.48. The van der Waals surface area contributed by atoms with Crippen LogP contribution in [0.4, 0.5) is 14.9 Å². The summed E-state index contributed by atoms with van der Waals surface area (Å²) in [5.74, 6) is -0.338. The maximum absolute atomic E-state index is 12.7. The average molecular weight is 256 g/mol. The molecule has 0 aliphatic rings. The van der Waals surface area contributed by atoms with Crippen LogP contribution in [0.1, 0.15) is 5.56 Å². The first-order valence-corrected chi connectivity index (χ1v) is 5.79. The Hall–Kier alpha value is -2.62. The lowest BCUT2D eigenvalue weighted by Gasteiger charge is -2.04. The van der Waals surface area contributed by atoms with Gasteiger partial charge in [0.2, 0.25) is 0 Å². The first kappa shape index (κ1) is 12.8. The molecule has 2 amide bonds. The summed E-state index contributed by atoms with van der Waals surface area (Å²) in [5.41, 5.74) is 1.52. The topological polar surface area (TPSA) is 41.1 Å². The van der Waals surface area contributed by atoms with Gasteiger partial charge < -0.3 is 10.6 Å². The van der Waals surface area contributed by atoms with Crippen LogP contribution in [0.2, 0.25) is 0 Å². The number of amides is 2. The van der Waals surface area contributed by atoms with Crippen molar-refractivity contribution in [1.29, 1.82) is 0 Å². The quantitative estimate of drug-likeness (QED) is 0.865. The van der Waals surface area contributed by atoms with Gasteiger partial charge in [-0.15, -0.1) is 0 Å². The zero-order valence-electron chi connectivity index (χ0n) is 10.1. The van der Waals surface area contributed by atoms with Crippen molar-refractivity contribution in [3.05, 3.63) is 72.2 Å². The second-order valence-corrected chi connectivity index (χ2v) is 3.85. The molecular formula is C15H13FN2O. The normalized spacial score (nSPS) is 10.4. The Morgan fingerprint density at radius 2 is 1.68 bits per heavy atom. The Morgan fingerprint density at radius 1 is 1.00 bits per heavy atom. The van der Waals surface area contributed by atoms with Crippen molar-refractivity contribution >= 4 is 17.8 Å². The van der Waals surface area contributed by atoms with Crippen LogP contribution in [-0.4, -0.2) is 6.03 Å². The van der Waals surface area contributed by atoms with Crippen LogP contribution >= 0.6 is 0 Å². The molecule has 4 heteroatoms. The summed E-state index contributed by atoms with van der Waals surface area (Å²) in [4.78, 5) is 11.5. The summed E-state index contributed by atoms with van der Waals surface area (Å²) >= 11 is 0. The van der Waals surface area contributed by atoms with Crippen LogP contribution in [0.15, 0.2) is 60.8 Å². The number of hydrogen-bond acceptors (Lipinski definition) is 1. The van der Waals surface area contributed by atoms with Gasteiger partial charge in [-0.25, -0.2) is 9.18 Å². The maximum Gasteiger partial charge on any atom is 0.323 e. The van der Waals surface area contributed by atoms with Crippen molar-refractivity contribution in [2.45, 2.75) is 0 Å². The number of rotatable bonds is 3. The van der Waals surface area contributed by atoms with Gasteiger partial charge >= 0.3 is 6.03 Å². The highest BCUT2D eigenvalue weighted by Gasteiger charge is 1.98. The maximum atomic E-state index is 12.7. The third kappa shape index (κ3) is 4.27. The van der Waals surface area contributed by atoms with Crippen molar-refractivity contribution in [3.63, 3.8) is 0 Å². The molecule has 0 atom stereocenters. The first-order chi connectivity index (χ1) is 9.24. The van der Waals surface area contributed by atoms with E-state index in [9.17, 15) is 9.18 Å². The Labute approximate surface area is 110 Å². The zero-order valence-corrected chi connectivity index (χ0v) is 10.1. The van der Waals surface area contributed by atoms with Crippen molar-refractivity contribution in [2.24, 2.45) is 0 Å². The molecule has 0 fully saturated rings. The van der Waals surface area contributed by atoms with Crippen molar-refractivity contribution in [3.8, 4) is 0 Å². The number of benzene rings is 2. The summed E-state index contributed by atoms with van der Waals surface area (Å²) in [6.07, 6.45) is 3.33. The van der Waals surface area contributed by atoms with E-state index in [0.29, 0.717) is 5.69 Å². The Kier molecular flexibility index (Phi) is 4.29. The number of urea groups is 1. The van der Waals surface area contributed by atoms with E-state index in [1.807, 2.05) is 30.3 Å². The fraction of sp³-hybridized carbons (Fsp3) is 0. The largest absolute Gasteiger partial charge is 0.323 e. The van der Waals surface area contributed by atoms with Gasteiger partial charge in [0, 0.05) is 11.9 Å². The SMILES string of the molecule is O=C(N/C=C/c1ccccc1)Nc1ccc(F)cc1. The average Bonchev–Trinajstić information content (AvgIpc) is 2.43. The van der Waals surface area contributed by atoms with E-state index in [1.165, 1.54) is 24.3 Å².